The second-order valence-corrected chi connectivity index (χ2v) is 15.3. The molecule has 0 unspecified atom stereocenters. The number of pyridine rings is 2. The van der Waals surface area contributed by atoms with Gasteiger partial charge in [-0.1, -0.05) is 35.9 Å². The van der Waals surface area contributed by atoms with Crippen LogP contribution in [0, 0.1) is 0 Å². The monoisotopic (exact) mass is 835 g/mol. The molecule has 3 amide bonds. The summed E-state index contributed by atoms with van der Waals surface area (Å²) in [7, 11) is 0. The highest BCUT2D eigenvalue weighted by Gasteiger charge is 2.35. The van der Waals surface area contributed by atoms with Crippen molar-refractivity contribution in [2.75, 3.05) is 50.9 Å². The highest BCUT2D eigenvalue weighted by Crippen LogP contribution is 2.25. The number of rotatable bonds is 20. The lowest BCUT2D eigenvalue weighted by molar-refractivity contribution is -0.933. The van der Waals surface area contributed by atoms with E-state index in [0.29, 0.717) is 24.6 Å². The molecule has 5 aromatic rings. The molecule has 1 saturated heterocycles. The van der Waals surface area contributed by atoms with Gasteiger partial charge in [0.25, 0.3) is 17.7 Å². The molecule has 0 spiro atoms. The fourth-order valence-electron chi connectivity index (χ4n) is 7.37. The number of carbonyl (C=O) groups excluding carboxylic acids is 3. The third kappa shape index (κ3) is 13.4. The van der Waals surface area contributed by atoms with Gasteiger partial charge in [-0.25, -0.2) is 9.97 Å². The fourth-order valence-corrected chi connectivity index (χ4v) is 7.49. The van der Waals surface area contributed by atoms with Crippen LogP contribution in [-0.2, 0) is 35.5 Å². The second-order valence-electron chi connectivity index (χ2n) is 15.0. The molecule has 0 bridgehead atoms. The molecule has 2 aromatic carbocycles. The van der Waals surface area contributed by atoms with Crippen LogP contribution in [0.15, 0.2) is 97.6 Å². The minimum Gasteiger partial charge on any atom is -0.484 e. The predicted octanol–water partition coefficient (Wildman–Crippen LogP) is 4.45. The third-order valence-corrected chi connectivity index (χ3v) is 10.8. The van der Waals surface area contributed by atoms with E-state index >= 15 is 0 Å². The number of carbonyl (C=O) groups is 3. The van der Waals surface area contributed by atoms with E-state index < -0.39 is 5.91 Å². The van der Waals surface area contributed by atoms with Gasteiger partial charge in [0, 0.05) is 50.7 Å². The summed E-state index contributed by atoms with van der Waals surface area (Å²) in [6.45, 7) is 4.29. The zero-order valence-electron chi connectivity index (χ0n) is 33.5. The molecule has 4 heterocycles. The van der Waals surface area contributed by atoms with Crippen LogP contribution in [-0.4, -0.2) is 87.6 Å². The minimum absolute atomic E-state index is 0.0243. The Labute approximate surface area is 354 Å². The minimum atomic E-state index is -0.422. The van der Waals surface area contributed by atoms with Gasteiger partial charge in [0.2, 0.25) is 0 Å². The number of amides is 3. The van der Waals surface area contributed by atoms with Gasteiger partial charge >= 0.3 is 0 Å². The molecular formula is C44H52ClN10O5+. The van der Waals surface area contributed by atoms with Gasteiger partial charge in [-0.05, 0) is 96.5 Å². The Morgan fingerprint density at radius 2 is 1.18 bits per heavy atom. The Morgan fingerprint density at radius 3 is 1.68 bits per heavy atom. The third-order valence-electron chi connectivity index (χ3n) is 10.5. The van der Waals surface area contributed by atoms with Crippen LogP contribution in [0.1, 0.15) is 58.4 Å². The van der Waals surface area contributed by atoms with Gasteiger partial charge in [-0.15, -0.1) is 0 Å². The van der Waals surface area contributed by atoms with Crippen LogP contribution in [0.25, 0.3) is 0 Å². The number of nitrogens with zero attached hydrogens (tertiary/aromatic N) is 5. The molecule has 0 aliphatic carbocycles. The Morgan fingerprint density at radius 1 is 0.683 bits per heavy atom. The van der Waals surface area contributed by atoms with Gasteiger partial charge in [0.05, 0.1) is 32.2 Å². The fraction of sp³-hybridized carbons (Fsp3) is 0.341. The van der Waals surface area contributed by atoms with E-state index in [2.05, 4.69) is 35.9 Å². The maximum absolute atomic E-state index is 13.3. The highest BCUT2D eigenvalue weighted by atomic mass is 35.5. The van der Waals surface area contributed by atoms with E-state index in [4.69, 9.17) is 32.5 Å². The number of anilines is 2. The normalized spacial score (nSPS) is 14.4. The molecule has 3 aromatic heterocycles. The number of nitrogen functional groups attached to an aromatic ring is 2. The van der Waals surface area contributed by atoms with Crippen molar-refractivity contribution in [3.05, 3.63) is 131 Å². The maximum atomic E-state index is 13.3. The standard InChI is InChI=1S/C44H51ClN10O5/c45-41-43(47)54-42(46)40(53-41)44(58)52-35-6-3-25-55(28-35,23-1-4-31-7-11-36(12-8-31)59-29-38(56)50-26-33-15-19-48-20-16-33)24-2-5-32-9-13-37(14-10-32)60-30-39(57)51-27-34-17-21-49-22-18-34/h7-22,35H,1-6,23-30H2,(H6-,46,47,50,51,52,54,56,57,58)/p+1/t35-/m0/s1. The summed E-state index contributed by atoms with van der Waals surface area (Å²) in [5.74, 6) is 0.354. The van der Waals surface area contributed by atoms with Gasteiger partial charge in [-0.2, -0.15) is 0 Å². The first-order chi connectivity index (χ1) is 29.1. The zero-order chi connectivity index (χ0) is 42.2. The number of likely N-dealkylation sites (tertiary alicyclic amines) is 1. The molecule has 15 nitrogen and oxygen atoms in total. The largest absolute Gasteiger partial charge is 0.484 e. The van der Waals surface area contributed by atoms with Crippen LogP contribution in [0.4, 0.5) is 11.6 Å². The number of nitrogens with one attached hydrogen (secondary N) is 3. The Balaban J connectivity index is 1.01. The van der Waals surface area contributed by atoms with Crippen molar-refractivity contribution in [2.24, 2.45) is 0 Å². The van der Waals surface area contributed by atoms with Crippen LogP contribution >= 0.6 is 11.6 Å². The number of ether oxygens (including phenoxy) is 2. The number of piperidine rings is 1. The number of nitrogens with two attached hydrogens (primary N) is 2. The van der Waals surface area contributed by atoms with E-state index in [1.807, 2.05) is 72.8 Å². The van der Waals surface area contributed by atoms with Crippen LogP contribution in [0.3, 0.4) is 0 Å². The van der Waals surface area contributed by atoms with Gasteiger partial charge < -0.3 is 41.4 Å². The number of hydrogen-bond acceptors (Lipinski definition) is 11. The molecule has 1 atom stereocenters. The van der Waals surface area contributed by atoms with E-state index in [0.717, 1.165) is 80.3 Å². The topological polar surface area (TPSA) is 209 Å². The molecule has 314 valence electrons. The van der Waals surface area contributed by atoms with Crippen LogP contribution in [0.5, 0.6) is 11.5 Å². The smallest absolute Gasteiger partial charge is 0.274 e. The summed E-state index contributed by atoms with van der Waals surface area (Å²) in [4.78, 5) is 54.1. The molecule has 1 fully saturated rings. The number of benzene rings is 2. The van der Waals surface area contributed by atoms with Crippen molar-refractivity contribution in [1.29, 1.82) is 0 Å². The Kier molecular flexibility index (Phi) is 15.6. The molecule has 1 aliphatic rings. The summed E-state index contributed by atoms with van der Waals surface area (Å²) < 4.78 is 12.3. The van der Waals surface area contributed by atoms with E-state index in [9.17, 15) is 14.4 Å². The van der Waals surface area contributed by atoms with Gasteiger partial charge in [-0.3, -0.25) is 24.4 Å². The molecule has 7 N–H and O–H groups in total. The summed E-state index contributed by atoms with van der Waals surface area (Å²) in [6.07, 6.45) is 12.1. The van der Waals surface area contributed by atoms with Crippen molar-refractivity contribution < 1.29 is 28.3 Å². The quantitative estimate of drug-likeness (QED) is 0.0692. The van der Waals surface area contributed by atoms with Crippen molar-refractivity contribution in [3.63, 3.8) is 0 Å². The zero-order valence-corrected chi connectivity index (χ0v) is 34.3. The van der Waals surface area contributed by atoms with E-state index in [1.165, 1.54) is 11.1 Å². The van der Waals surface area contributed by atoms with Gasteiger partial charge in [0.15, 0.2) is 35.7 Å². The van der Waals surface area contributed by atoms with Gasteiger partial charge in [0.1, 0.15) is 11.5 Å². The predicted molar refractivity (Wildman–Crippen MR) is 229 cm³/mol. The first-order valence-electron chi connectivity index (χ1n) is 20.1. The van der Waals surface area contributed by atoms with Crippen LogP contribution < -0.4 is 36.9 Å². The second kappa shape index (κ2) is 21.6. The van der Waals surface area contributed by atoms with E-state index in [-0.39, 0.29) is 53.6 Å². The first-order valence-corrected chi connectivity index (χ1v) is 20.5. The number of hydrogen-bond donors (Lipinski definition) is 5. The molecule has 6 rings (SSSR count). The number of quaternary nitrogens is 1. The number of halogens is 1. The number of aryl methyl sites for hydroxylation is 2. The SMILES string of the molecule is Nc1nc(N)c(C(=O)N[C@H]2CCC[N+](CCCc3ccc(OCC(=O)NCc4ccncc4)cc3)(CCCc3ccc(OCC(=O)NCc4ccncc4)cc3)C2)nc1Cl. The summed E-state index contributed by atoms with van der Waals surface area (Å²) in [6, 6.07) is 23.1. The van der Waals surface area contributed by atoms with Crippen LogP contribution in [0.2, 0.25) is 5.15 Å². The molecule has 60 heavy (non-hydrogen) atoms. The number of aromatic nitrogens is 4. The molecule has 16 heteroatoms. The van der Waals surface area contributed by atoms with Crippen molar-refractivity contribution in [3.8, 4) is 11.5 Å². The van der Waals surface area contributed by atoms with Crippen molar-refractivity contribution in [1.82, 2.24) is 35.9 Å². The molecule has 0 radical (unpaired) electrons. The Hall–Kier alpha value is -6.32. The molecule has 0 saturated carbocycles. The maximum Gasteiger partial charge on any atom is 0.274 e. The van der Waals surface area contributed by atoms with Crippen molar-refractivity contribution in [2.45, 2.75) is 57.7 Å². The summed E-state index contributed by atoms with van der Waals surface area (Å²) in [5, 5.41) is 8.80. The lowest BCUT2D eigenvalue weighted by Crippen LogP contribution is -2.60. The summed E-state index contributed by atoms with van der Waals surface area (Å²) >= 11 is 6.08. The first kappa shape index (κ1) is 43.3. The lowest BCUT2D eigenvalue weighted by atomic mass is 9.99. The molecular weight excluding hydrogens is 784 g/mol. The lowest BCUT2D eigenvalue weighted by Gasteiger charge is -2.45. The average molecular weight is 836 g/mol. The molecule has 1 aliphatic heterocycles. The van der Waals surface area contributed by atoms with Crippen molar-refractivity contribution >= 4 is 41.0 Å². The Bertz CT molecular complexity index is 2050. The average Bonchev–Trinajstić information content (AvgIpc) is 3.26. The van der Waals surface area contributed by atoms with E-state index in [1.54, 1.807) is 24.8 Å². The summed E-state index contributed by atoms with van der Waals surface area (Å²) in [5.41, 5.74) is 16.0. The highest BCUT2D eigenvalue weighted by molar-refractivity contribution is 6.31.